The molecule has 3 aliphatic heterocycles. The molecule has 2 N–H and O–H groups in total. The third-order valence-corrected chi connectivity index (χ3v) is 7.44. The van der Waals surface area contributed by atoms with E-state index in [1.807, 2.05) is 12.1 Å². The monoisotopic (exact) mass is 453 g/mol. The number of imide groups is 1. The number of hydrogen-bond donors (Lipinski definition) is 2. The fourth-order valence-corrected chi connectivity index (χ4v) is 5.57. The first-order valence-electron chi connectivity index (χ1n) is 11.9. The number of aromatic nitrogens is 1. The van der Waals surface area contributed by atoms with Crippen molar-refractivity contribution in [2.45, 2.75) is 38.1 Å². The number of fused-ring (bicyclic) bond motifs is 1. The molecule has 0 atom stereocenters. The average molecular weight is 454 g/mol. The average Bonchev–Trinajstić information content (AvgIpc) is 3.25. The smallest absolute Gasteiger partial charge is 0.407 e. The minimum atomic E-state index is -0.800. The molecule has 0 aliphatic carbocycles. The lowest BCUT2D eigenvalue weighted by molar-refractivity contribution is -0.120. The van der Waals surface area contributed by atoms with Gasteiger partial charge >= 0.3 is 12.1 Å². The van der Waals surface area contributed by atoms with Crippen molar-refractivity contribution in [2.75, 3.05) is 44.2 Å². The topological polar surface area (TPSA) is 98.1 Å². The predicted octanol–water partition coefficient (Wildman–Crippen LogP) is 3.11. The summed E-state index contributed by atoms with van der Waals surface area (Å²) in [5, 5.41) is 12.6. The van der Waals surface area contributed by atoms with Crippen molar-refractivity contribution in [1.82, 2.24) is 19.7 Å². The molecule has 1 aromatic carbocycles. The van der Waals surface area contributed by atoms with Gasteiger partial charge in [0.1, 0.15) is 0 Å². The number of hydrogen-bond acceptors (Lipinski definition) is 4. The molecular weight excluding hydrogens is 422 g/mol. The number of carboxylic acid groups (broad SMARTS) is 1. The molecular formula is C24H31N5O4. The highest BCUT2D eigenvalue weighted by Crippen LogP contribution is 2.34. The first-order chi connectivity index (χ1) is 16.0. The summed E-state index contributed by atoms with van der Waals surface area (Å²) in [5.74, 6) is 0.356. The van der Waals surface area contributed by atoms with Gasteiger partial charge in [-0.3, -0.25) is 15.0 Å². The van der Waals surface area contributed by atoms with Crippen LogP contribution >= 0.6 is 0 Å². The van der Waals surface area contributed by atoms with Crippen LogP contribution in [0.3, 0.4) is 0 Å². The van der Waals surface area contributed by atoms with Gasteiger partial charge in [0.05, 0.1) is 11.2 Å². The third kappa shape index (κ3) is 4.42. The molecule has 2 aromatic rings. The van der Waals surface area contributed by atoms with Crippen molar-refractivity contribution in [3.63, 3.8) is 0 Å². The Labute approximate surface area is 192 Å². The first-order valence-corrected chi connectivity index (χ1v) is 11.9. The Balaban J connectivity index is 1.22. The van der Waals surface area contributed by atoms with E-state index in [0.717, 1.165) is 61.9 Å². The maximum absolute atomic E-state index is 12.4. The minimum Gasteiger partial charge on any atom is -0.465 e. The molecule has 5 rings (SSSR count). The minimum absolute atomic E-state index is 0.222. The van der Waals surface area contributed by atoms with Crippen molar-refractivity contribution in [3.05, 3.63) is 30.5 Å². The molecule has 9 nitrogen and oxygen atoms in total. The lowest BCUT2D eigenvalue weighted by Crippen LogP contribution is -2.49. The molecule has 9 heteroatoms. The van der Waals surface area contributed by atoms with Gasteiger partial charge in [-0.1, -0.05) is 6.07 Å². The summed E-state index contributed by atoms with van der Waals surface area (Å²) >= 11 is 0. The van der Waals surface area contributed by atoms with Crippen LogP contribution < -0.4 is 10.2 Å². The number of nitrogens with one attached hydrogen (secondary N) is 1. The Bertz CT molecular complexity index is 1050. The summed E-state index contributed by atoms with van der Waals surface area (Å²) in [6.45, 7) is 4.84. The van der Waals surface area contributed by atoms with Gasteiger partial charge in [-0.2, -0.15) is 0 Å². The van der Waals surface area contributed by atoms with Crippen LogP contribution in [0.1, 0.15) is 38.1 Å². The van der Waals surface area contributed by atoms with E-state index in [0.29, 0.717) is 38.0 Å². The maximum Gasteiger partial charge on any atom is 0.407 e. The van der Waals surface area contributed by atoms with Crippen LogP contribution in [0.5, 0.6) is 0 Å². The van der Waals surface area contributed by atoms with Gasteiger partial charge in [-0.25, -0.2) is 9.59 Å². The van der Waals surface area contributed by atoms with Crippen LogP contribution in [0.4, 0.5) is 15.3 Å². The molecule has 3 fully saturated rings. The Morgan fingerprint density at radius 1 is 1.00 bits per heavy atom. The second-order valence-electron chi connectivity index (χ2n) is 9.43. The first kappa shape index (κ1) is 21.8. The molecule has 4 amide bonds. The maximum atomic E-state index is 12.4. The van der Waals surface area contributed by atoms with E-state index in [1.54, 1.807) is 4.90 Å². The lowest BCUT2D eigenvalue weighted by atomic mass is 9.95. The van der Waals surface area contributed by atoms with Crippen LogP contribution in [0.25, 0.3) is 10.9 Å². The summed E-state index contributed by atoms with van der Waals surface area (Å²) in [5.41, 5.74) is 1.97. The Kier molecular flexibility index (Phi) is 5.97. The summed E-state index contributed by atoms with van der Waals surface area (Å²) in [4.78, 5) is 40.7. The zero-order valence-electron chi connectivity index (χ0n) is 18.8. The van der Waals surface area contributed by atoms with Crippen molar-refractivity contribution in [3.8, 4) is 0 Å². The standard InChI is InChI=1S/C24H31N5O4/c30-22-9-15-29(23(31)25-22)21-3-1-2-20-19(21)8-14-28(20)18-6-10-26(11-7-18)16-17-4-12-27(13-5-17)24(32)33/h1-3,8,14,17-18H,4-7,9-13,15-16H2,(H,32,33)(H,25,30,31). The highest BCUT2D eigenvalue weighted by Gasteiger charge is 2.29. The van der Waals surface area contributed by atoms with Gasteiger partial charge in [0.2, 0.25) is 5.91 Å². The van der Waals surface area contributed by atoms with E-state index in [2.05, 4.69) is 33.1 Å². The Morgan fingerprint density at radius 3 is 2.45 bits per heavy atom. The predicted molar refractivity (Wildman–Crippen MR) is 124 cm³/mol. The molecule has 3 saturated heterocycles. The Morgan fingerprint density at radius 2 is 1.76 bits per heavy atom. The molecule has 0 bridgehead atoms. The van der Waals surface area contributed by atoms with E-state index in [1.165, 1.54) is 4.90 Å². The van der Waals surface area contributed by atoms with Crippen LogP contribution in [0.2, 0.25) is 0 Å². The molecule has 0 spiro atoms. The second kappa shape index (κ2) is 9.05. The van der Waals surface area contributed by atoms with E-state index in [9.17, 15) is 14.4 Å². The zero-order valence-corrected chi connectivity index (χ0v) is 18.8. The number of anilines is 1. The van der Waals surface area contributed by atoms with E-state index < -0.39 is 6.09 Å². The van der Waals surface area contributed by atoms with Gasteiger partial charge in [-0.05, 0) is 49.8 Å². The van der Waals surface area contributed by atoms with E-state index in [4.69, 9.17) is 5.11 Å². The van der Waals surface area contributed by atoms with Gasteiger partial charge in [0.25, 0.3) is 0 Å². The van der Waals surface area contributed by atoms with Crippen molar-refractivity contribution in [1.29, 1.82) is 0 Å². The molecule has 3 aliphatic rings. The molecule has 176 valence electrons. The summed E-state index contributed by atoms with van der Waals surface area (Å²) < 4.78 is 2.34. The summed E-state index contributed by atoms with van der Waals surface area (Å²) in [6.07, 6.45) is 5.69. The molecule has 4 heterocycles. The lowest BCUT2D eigenvalue weighted by Gasteiger charge is -2.37. The van der Waals surface area contributed by atoms with Crippen LogP contribution in [0.15, 0.2) is 30.5 Å². The second-order valence-corrected chi connectivity index (χ2v) is 9.43. The fraction of sp³-hybridized carbons (Fsp3) is 0.542. The molecule has 0 saturated carbocycles. The van der Waals surface area contributed by atoms with E-state index >= 15 is 0 Å². The number of likely N-dealkylation sites (tertiary alicyclic amines) is 2. The number of amides is 4. The number of benzene rings is 1. The van der Waals surface area contributed by atoms with Crippen LogP contribution in [-0.2, 0) is 4.79 Å². The van der Waals surface area contributed by atoms with E-state index in [-0.39, 0.29) is 11.9 Å². The summed E-state index contributed by atoms with van der Waals surface area (Å²) in [6, 6.07) is 8.18. The highest BCUT2D eigenvalue weighted by atomic mass is 16.4. The molecule has 0 radical (unpaired) electrons. The molecule has 1 aromatic heterocycles. The van der Waals surface area contributed by atoms with Gasteiger partial charge in [0.15, 0.2) is 0 Å². The number of urea groups is 1. The normalized spacial score (nSPS) is 21.6. The van der Waals surface area contributed by atoms with Crippen LogP contribution in [0, 0.1) is 5.92 Å². The van der Waals surface area contributed by atoms with Gasteiger partial charge in [-0.15, -0.1) is 0 Å². The number of carbonyl (C=O) groups excluding carboxylic acids is 2. The van der Waals surface area contributed by atoms with Gasteiger partial charge in [0, 0.05) is 63.3 Å². The van der Waals surface area contributed by atoms with Gasteiger partial charge < -0.3 is 19.5 Å². The number of nitrogens with zero attached hydrogens (tertiary/aromatic N) is 4. The van der Waals surface area contributed by atoms with Crippen molar-refractivity contribution >= 4 is 34.6 Å². The molecule has 33 heavy (non-hydrogen) atoms. The fourth-order valence-electron chi connectivity index (χ4n) is 5.57. The van der Waals surface area contributed by atoms with Crippen molar-refractivity contribution < 1.29 is 19.5 Å². The number of rotatable bonds is 4. The zero-order chi connectivity index (χ0) is 22.9. The number of piperidine rings is 2. The van der Waals surface area contributed by atoms with Crippen molar-refractivity contribution in [2.24, 2.45) is 5.92 Å². The highest BCUT2D eigenvalue weighted by molar-refractivity contribution is 6.09. The Hall–Kier alpha value is -3.07. The third-order valence-electron chi connectivity index (χ3n) is 7.44. The SMILES string of the molecule is O=C1CCN(c2cccc3c2ccn3C2CCN(CC3CCN(C(=O)O)CC3)CC2)C(=O)N1. The largest absolute Gasteiger partial charge is 0.465 e. The quantitative estimate of drug-likeness (QED) is 0.741. The number of carbonyl (C=O) groups is 3. The summed E-state index contributed by atoms with van der Waals surface area (Å²) in [7, 11) is 0. The molecule has 0 unspecified atom stereocenters. The van der Waals surface area contributed by atoms with Crippen LogP contribution in [-0.4, -0.2) is 76.8 Å².